The van der Waals surface area contributed by atoms with Crippen molar-refractivity contribution in [3.63, 3.8) is 0 Å². The van der Waals surface area contributed by atoms with Crippen LogP contribution >= 0.6 is 0 Å². The fourth-order valence-electron chi connectivity index (χ4n) is 1.43. The second kappa shape index (κ2) is 9.15. The molecule has 0 aliphatic rings. The van der Waals surface area contributed by atoms with E-state index >= 15 is 0 Å². The van der Waals surface area contributed by atoms with Crippen LogP contribution in [0.2, 0.25) is 0 Å². The molecule has 0 aliphatic carbocycles. The van der Waals surface area contributed by atoms with Crippen LogP contribution in [0.15, 0.2) is 11.5 Å². The van der Waals surface area contributed by atoms with Crippen molar-refractivity contribution in [1.29, 1.82) is 0 Å². The second-order valence-corrected chi connectivity index (χ2v) is 6.68. The van der Waals surface area contributed by atoms with Crippen molar-refractivity contribution in [3.05, 3.63) is 11.5 Å². The predicted molar refractivity (Wildman–Crippen MR) is 77.6 cm³/mol. The second-order valence-electron chi connectivity index (χ2n) is 4.74. The van der Waals surface area contributed by atoms with Crippen LogP contribution < -0.4 is 11.1 Å². The number of nitrogens with two attached hydrogens (primary N) is 1. The van der Waals surface area contributed by atoms with Gasteiger partial charge in [-0.1, -0.05) is 6.08 Å². The van der Waals surface area contributed by atoms with Crippen LogP contribution in [-0.4, -0.2) is 54.8 Å². The fourth-order valence-corrected chi connectivity index (χ4v) is 1.91. The van der Waals surface area contributed by atoms with Gasteiger partial charge in [0.05, 0.1) is 6.04 Å². The molecule has 2 atom stereocenters. The van der Waals surface area contributed by atoms with E-state index in [-0.39, 0.29) is 25.7 Å². The van der Waals surface area contributed by atoms with Crippen molar-refractivity contribution in [1.82, 2.24) is 5.32 Å². The van der Waals surface area contributed by atoms with E-state index in [0.717, 1.165) is 11.7 Å². The van der Waals surface area contributed by atoms with Gasteiger partial charge in [0.2, 0.25) is 5.91 Å². The molecule has 0 aromatic rings. The normalized spacial score (nSPS) is 14.5. The molecule has 22 heavy (non-hydrogen) atoms. The average molecular weight is 336 g/mol. The number of amides is 1. The van der Waals surface area contributed by atoms with Gasteiger partial charge in [-0.05, 0) is 12.8 Å². The van der Waals surface area contributed by atoms with Crippen molar-refractivity contribution in [3.8, 4) is 0 Å². The number of carboxylic acids is 2. The summed E-state index contributed by atoms with van der Waals surface area (Å²) >= 11 is 0. The first-order chi connectivity index (χ1) is 10.0. The van der Waals surface area contributed by atoms with Crippen LogP contribution in [0, 0.1) is 0 Å². The topological polar surface area (TPSA) is 164 Å². The number of nitrogens with one attached hydrogen (secondary N) is 1. The van der Waals surface area contributed by atoms with Crippen LogP contribution in [0.4, 0.5) is 0 Å². The lowest BCUT2D eigenvalue weighted by molar-refractivity contribution is -0.138. The molecule has 0 saturated heterocycles. The Morgan fingerprint density at radius 3 is 2.09 bits per heavy atom. The summed E-state index contributed by atoms with van der Waals surface area (Å²) in [4.78, 5) is 32.7. The van der Waals surface area contributed by atoms with Crippen molar-refractivity contribution in [2.45, 2.75) is 37.8 Å². The zero-order valence-corrected chi connectivity index (χ0v) is 12.9. The molecule has 9 nitrogen and oxygen atoms in total. The number of carbonyl (C=O) groups excluding carboxylic acids is 1. The van der Waals surface area contributed by atoms with E-state index in [1.54, 1.807) is 0 Å². The number of sulfone groups is 1. The highest BCUT2D eigenvalue weighted by atomic mass is 32.2. The summed E-state index contributed by atoms with van der Waals surface area (Å²) in [6.45, 7) is 0. The average Bonchev–Trinajstić information content (AvgIpc) is 2.37. The maximum Gasteiger partial charge on any atom is 0.303 e. The van der Waals surface area contributed by atoms with Gasteiger partial charge in [-0.2, -0.15) is 0 Å². The summed E-state index contributed by atoms with van der Waals surface area (Å²) < 4.78 is 22.1. The number of carbonyl (C=O) groups is 3. The van der Waals surface area contributed by atoms with Gasteiger partial charge >= 0.3 is 11.9 Å². The molecule has 0 heterocycles. The smallest absolute Gasteiger partial charge is 0.303 e. The van der Waals surface area contributed by atoms with E-state index in [1.165, 1.54) is 6.08 Å². The van der Waals surface area contributed by atoms with Gasteiger partial charge in [0.1, 0.15) is 0 Å². The Morgan fingerprint density at radius 2 is 1.64 bits per heavy atom. The number of carboxylic acid groups (broad SMARTS) is 2. The van der Waals surface area contributed by atoms with E-state index in [4.69, 9.17) is 15.9 Å². The lowest BCUT2D eigenvalue weighted by atomic mass is 10.1. The highest BCUT2D eigenvalue weighted by Crippen LogP contribution is 2.03. The van der Waals surface area contributed by atoms with Crippen molar-refractivity contribution in [2.24, 2.45) is 5.73 Å². The highest BCUT2D eigenvalue weighted by Gasteiger charge is 2.18. The summed E-state index contributed by atoms with van der Waals surface area (Å²) in [5.41, 5.74) is 5.52. The first-order valence-electron chi connectivity index (χ1n) is 6.39. The fraction of sp³-hybridized carbons (Fsp3) is 0.583. The lowest BCUT2D eigenvalue weighted by Gasteiger charge is -2.17. The molecular formula is C12H20N2O7S. The summed E-state index contributed by atoms with van der Waals surface area (Å²) in [5, 5.41) is 20.4. The molecule has 0 rings (SSSR count). The molecule has 0 aromatic carbocycles. The molecule has 10 heteroatoms. The van der Waals surface area contributed by atoms with Crippen molar-refractivity contribution < 1.29 is 33.0 Å². The van der Waals surface area contributed by atoms with Crippen molar-refractivity contribution >= 4 is 27.7 Å². The number of hydrogen-bond acceptors (Lipinski definition) is 6. The molecule has 0 unspecified atom stereocenters. The minimum atomic E-state index is -3.42. The van der Waals surface area contributed by atoms with E-state index in [1.807, 2.05) is 0 Å². The SMILES string of the molecule is CS(=O)(=O)/C=C/[C@H](CCC(=O)O)NC(=O)[C@@H](N)CCC(=O)O. The van der Waals surface area contributed by atoms with E-state index in [9.17, 15) is 22.8 Å². The molecule has 0 fully saturated rings. The molecular weight excluding hydrogens is 316 g/mol. The minimum Gasteiger partial charge on any atom is -0.481 e. The molecule has 0 saturated carbocycles. The third kappa shape index (κ3) is 10.8. The zero-order chi connectivity index (χ0) is 17.3. The largest absolute Gasteiger partial charge is 0.481 e. The number of rotatable bonds is 10. The Labute approximate surface area is 128 Å². The molecule has 0 aromatic heterocycles. The van der Waals surface area contributed by atoms with Crippen LogP contribution in [0.5, 0.6) is 0 Å². The molecule has 0 radical (unpaired) electrons. The first-order valence-corrected chi connectivity index (χ1v) is 8.34. The van der Waals surface area contributed by atoms with Gasteiger partial charge in [0.25, 0.3) is 0 Å². The predicted octanol–water partition coefficient (Wildman–Crippen LogP) is -0.914. The van der Waals surface area contributed by atoms with Crippen LogP contribution in [-0.2, 0) is 24.2 Å². The quantitative estimate of drug-likeness (QED) is 0.398. The van der Waals surface area contributed by atoms with E-state index in [2.05, 4.69) is 5.32 Å². The van der Waals surface area contributed by atoms with Crippen molar-refractivity contribution in [2.75, 3.05) is 6.26 Å². The first kappa shape index (κ1) is 20.1. The zero-order valence-electron chi connectivity index (χ0n) is 12.1. The summed E-state index contributed by atoms with van der Waals surface area (Å²) in [6, 6.07) is -1.90. The molecule has 0 spiro atoms. The van der Waals surface area contributed by atoms with Crippen LogP contribution in [0.1, 0.15) is 25.7 Å². The maximum absolute atomic E-state index is 11.8. The number of aliphatic carboxylic acids is 2. The van der Waals surface area contributed by atoms with Crippen LogP contribution in [0.25, 0.3) is 0 Å². The summed E-state index contributed by atoms with van der Waals surface area (Å²) in [6.07, 6.45) is 1.47. The van der Waals surface area contributed by atoms with Gasteiger partial charge in [-0.25, -0.2) is 8.42 Å². The molecule has 1 amide bonds. The molecule has 0 aliphatic heterocycles. The monoisotopic (exact) mass is 336 g/mol. The Bertz CT molecular complexity index is 542. The van der Waals surface area contributed by atoms with E-state index in [0.29, 0.717) is 0 Å². The minimum absolute atomic E-state index is 0.0151. The Morgan fingerprint density at radius 1 is 1.14 bits per heavy atom. The Hall–Kier alpha value is -1.94. The van der Waals surface area contributed by atoms with Gasteiger partial charge < -0.3 is 21.3 Å². The molecule has 5 N–H and O–H groups in total. The molecule has 126 valence electrons. The van der Waals surface area contributed by atoms with Gasteiger partial charge in [0.15, 0.2) is 9.84 Å². The third-order valence-corrected chi connectivity index (χ3v) is 3.21. The van der Waals surface area contributed by atoms with Gasteiger partial charge in [-0.15, -0.1) is 0 Å². The molecule has 0 bridgehead atoms. The highest BCUT2D eigenvalue weighted by molar-refractivity contribution is 7.93. The van der Waals surface area contributed by atoms with Gasteiger partial charge in [0, 0.05) is 30.5 Å². The lowest BCUT2D eigenvalue weighted by Crippen LogP contribution is -2.45. The third-order valence-electron chi connectivity index (χ3n) is 2.56. The Balaban J connectivity index is 4.73. The van der Waals surface area contributed by atoms with Gasteiger partial charge in [-0.3, -0.25) is 14.4 Å². The standard InChI is InChI=1S/C12H20N2O7S/c1-22(20,21)7-6-8(2-4-10(15)16)14-12(19)9(13)3-5-11(17)18/h6-9H,2-5,13H2,1H3,(H,14,19)(H,15,16)(H,17,18)/b7-6+/t8-,9-/m0/s1. The maximum atomic E-state index is 11.8. The van der Waals surface area contributed by atoms with E-state index < -0.39 is 39.8 Å². The summed E-state index contributed by atoms with van der Waals surface area (Å²) in [7, 11) is -3.42. The van der Waals surface area contributed by atoms with Crippen LogP contribution in [0.3, 0.4) is 0 Å². The summed E-state index contributed by atoms with van der Waals surface area (Å²) in [5.74, 6) is -2.86. The number of hydrogen-bond donors (Lipinski definition) is 4. The Kier molecular flexibility index (Phi) is 8.35.